The zero-order chi connectivity index (χ0) is 9.68. The number of aromatic hydroxyl groups is 1. The molecular weight excluding hydrogens is 160 g/mol. The molecule has 0 radical (unpaired) electrons. The Bertz CT molecular complexity index is 348. The first-order chi connectivity index (χ1) is 6.25. The number of para-hydroxylation sites is 1. The van der Waals surface area contributed by atoms with Crippen molar-refractivity contribution >= 4 is 5.57 Å². The van der Waals surface area contributed by atoms with Gasteiger partial charge in [0.2, 0.25) is 0 Å². The molecule has 1 aromatic rings. The summed E-state index contributed by atoms with van der Waals surface area (Å²) >= 11 is 0. The molecule has 1 rings (SSSR count). The molecule has 0 amide bonds. The van der Waals surface area contributed by atoms with E-state index in [1.807, 2.05) is 18.2 Å². The highest BCUT2D eigenvalue weighted by atomic mass is 16.3. The zero-order valence-electron chi connectivity index (χ0n) is 7.40. The van der Waals surface area contributed by atoms with E-state index in [1.54, 1.807) is 24.3 Å². The van der Waals surface area contributed by atoms with Crippen molar-refractivity contribution in [2.45, 2.75) is 0 Å². The fourth-order valence-corrected chi connectivity index (χ4v) is 1.02. The summed E-state index contributed by atoms with van der Waals surface area (Å²) in [5.74, 6) is 0.251. The van der Waals surface area contributed by atoms with Gasteiger partial charge in [-0.05, 0) is 11.6 Å². The van der Waals surface area contributed by atoms with E-state index in [-0.39, 0.29) is 5.75 Å². The van der Waals surface area contributed by atoms with Crippen LogP contribution in [0.15, 0.2) is 55.7 Å². The van der Waals surface area contributed by atoms with Crippen molar-refractivity contribution in [1.29, 1.82) is 0 Å². The van der Waals surface area contributed by atoms with Gasteiger partial charge in [-0.25, -0.2) is 0 Å². The second-order valence-electron chi connectivity index (χ2n) is 2.64. The van der Waals surface area contributed by atoms with Gasteiger partial charge in [0, 0.05) is 5.56 Å². The second kappa shape index (κ2) is 4.31. The van der Waals surface area contributed by atoms with Crippen LogP contribution in [0.5, 0.6) is 5.75 Å². The molecule has 1 heteroatoms. The van der Waals surface area contributed by atoms with Crippen molar-refractivity contribution in [3.05, 3.63) is 61.2 Å². The van der Waals surface area contributed by atoms with Gasteiger partial charge in [0.1, 0.15) is 5.75 Å². The third kappa shape index (κ3) is 2.34. The maximum absolute atomic E-state index is 9.46. The van der Waals surface area contributed by atoms with Crippen LogP contribution in [-0.4, -0.2) is 5.11 Å². The Morgan fingerprint density at radius 3 is 2.62 bits per heavy atom. The van der Waals surface area contributed by atoms with E-state index in [0.717, 1.165) is 11.1 Å². The van der Waals surface area contributed by atoms with Crippen LogP contribution >= 0.6 is 0 Å². The van der Waals surface area contributed by atoms with Crippen molar-refractivity contribution in [2.24, 2.45) is 0 Å². The zero-order valence-corrected chi connectivity index (χ0v) is 7.40. The van der Waals surface area contributed by atoms with Crippen LogP contribution in [0.25, 0.3) is 5.57 Å². The summed E-state index contributed by atoms with van der Waals surface area (Å²) in [7, 11) is 0. The number of hydrogen-bond donors (Lipinski definition) is 1. The summed E-state index contributed by atoms with van der Waals surface area (Å²) in [5, 5.41) is 9.46. The molecule has 0 heterocycles. The van der Waals surface area contributed by atoms with E-state index in [2.05, 4.69) is 13.2 Å². The van der Waals surface area contributed by atoms with Crippen LogP contribution in [-0.2, 0) is 0 Å². The number of allylic oxidation sites excluding steroid dienone is 4. The monoisotopic (exact) mass is 172 g/mol. The second-order valence-corrected chi connectivity index (χ2v) is 2.64. The highest BCUT2D eigenvalue weighted by Gasteiger charge is 1.99. The predicted molar refractivity (Wildman–Crippen MR) is 56.5 cm³/mol. The van der Waals surface area contributed by atoms with E-state index < -0.39 is 0 Å². The van der Waals surface area contributed by atoms with E-state index in [0.29, 0.717) is 0 Å². The lowest BCUT2D eigenvalue weighted by Gasteiger charge is -2.02. The van der Waals surface area contributed by atoms with Gasteiger partial charge in [0.25, 0.3) is 0 Å². The number of rotatable bonds is 3. The quantitative estimate of drug-likeness (QED) is 0.694. The summed E-state index contributed by atoms with van der Waals surface area (Å²) in [6.45, 7) is 7.39. The minimum Gasteiger partial charge on any atom is -0.507 e. The molecule has 13 heavy (non-hydrogen) atoms. The molecule has 0 aliphatic heterocycles. The lowest BCUT2D eigenvalue weighted by Crippen LogP contribution is -1.79. The molecule has 0 spiro atoms. The van der Waals surface area contributed by atoms with Crippen LogP contribution in [0, 0.1) is 0 Å². The smallest absolute Gasteiger partial charge is 0.123 e. The SMILES string of the molecule is C=C/C=C\C(=C)c1ccccc1O. The number of benzene rings is 1. The Kier molecular flexibility index (Phi) is 3.09. The van der Waals surface area contributed by atoms with Gasteiger partial charge in [0.05, 0.1) is 0 Å². The normalized spacial score (nSPS) is 10.2. The minimum atomic E-state index is 0.251. The molecular formula is C12H12O. The Morgan fingerprint density at radius 1 is 1.31 bits per heavy atom. The molecule has 0 fully saturated rings. The molecule has 0 saturated heterocycles. The maximum Gasteiger partial charge on any atom is 0.123 e. The third-order valence-electron chi connectivity index (χ3n) is 1.68. The molecule has 0 atom stereocenters. The summed E-state index contributed by atoms with van der Waals surface area (Å²) in [6.07, 6.45) is 5.27. The van der Waals surface area contributed by atoms with Gasteiger partial charge >= 0.3 is 0 Å². The van der Waals surface area contributed by atoms with E-state index >= 15 is 0 Å². The first-order valence-electron chi connectivity index (χ1n) is 4.02. The minimum absolute atomic E-state index is 0.251. The van der Waals surface area contributed by atoms with Gasteiger partial charge in [-0.2, -0.15) is 0 Å². The number of phenols is 1. The Balaban J connectivity index is 2.95. The Morgan fingerprint density at radius 2 is 2.00 bits per heavy atom. The van der Waals surface area contributed by atoms with Gasteiger partial charge in [-0.15, -0.1) is 0 Å². The molecule has 0 unspecified atom stereocenters. The van der Waals surface area contributed by atoms with Gasteiger partial charge in [-0.1, -0.05) is 49.6 Å². The number of hydrogen-bond acceptors (Lipinski definition) is 1. The Labute approximate surface area is 78.3 Å². The maximum atomic E-state index is 9.46. The first-order valence-corrected chi connectivity index (χ1v) is 4.02. The van der Waals surface area contributed by atoms with Crippen LogP contribution in [0.2, 0.25) is 0 Å². The highest BCUT2D eigenvalue weighted by molar-refractivity contribution is 5.75. The van der Waals surface area contributed by atoms with Crippen molar-refractivity contribution in [2.75, 3.05) is 0 Å². The lowest BCUT2D eigenvalue weighted by molar-refractivity contribution is 0.474. The summed E-state index contributed by atoms with van der Waals surface area (Å²) < 4.78 is 0. The van der Waals surface area contributed by atoms with E-state index in [9.17, 15) is 5.11 Å². The van der Waals surface area contributed by atoms with Crippen molar-refractivity contribution in [3.63, 3.8) is 0 Å². The van der Waals surface area contributed by atoms with E-state index in [4.69, 9.17) is 0 Å². The molecule has 0 aliphatic rings. The van der Waals surface area contributed by atoms with Crippen molar-refractivity contribution in [3.8, 4) is 5.75 Å². The average molecular weight is 172 g/mol. The summed E-state index contributed by atoms with van der Waals surface area (Å²) in [5.41, 5.74) is 1.53. The topological polar surface area (TPSA) is 20.2 Å². The molecule has 1 N–H and O–H groups in total. The van der Waals surface area contributed by atoms with Crippen LogP contribution in [0.1, 0.15) is 5.56 Å². The lowest BCUT2D eigenvalue weighted by atomic mass is 10.1. The molecule has 0 aliphatic carbocycles. The Hall–Kier alpha value is -1.76. The molecule has 0 bridgehead atoms. The summed E-state index contributed by atoms with van der Waals surface area (Å²) in [6, 6.07) is 7.11. The average Bonchev–Trinajstić information content (AvgIpc) is 2.15. The van der Waals surface area contributed by atoms with Crippen LogP contribution < -0.4 is 0 Å². The molecule has 66 valence electrons. The van der Waals surface area contributed by atoms with Crippen molar-refractivity contribution in [1.82, 2.24) is 0 Å². The number of phenolic OH excluding ortho intramolecular Hbond substituents is 1. The van der Waals surface area contributed by atoms with Gasteiger partial charge < -0.3 is 5.11 Å². The van der Waals surface area contributed by atoms with Crippen LogP contribution in [0.4, 0.5) is 0 Å². The fraction of sp³-hybridized carbons (Fsp3) is 0. The third-order valence-corrected chi connectivity index (χ3v) is 1.68. The van der Waals surface area contributed by atoms with Crippen molar-refractivity contribution < 1.29 is 5.11 Å². The van der Waals surface area contributed by atoms with E-state index in [1.165, 1.54) is 0 Å². The molecule has 0 aromatic heterocycles. The first kappa shape index (κ1) is 9.33. The summed E-state index contributed by atoms with van der Waals surface area (Å²) in [4.78, 5) is 0. The highest BCUT2D eigenvalue weighted by Crippen LogP contribution is 2.23. The molecule has 0 saturated carbocycles. The van der Waals surface area contributed by atoms with Gasteiger partial charge in [0.15, 0.2) is 0 Å². The van der Waals surface area contributed by atoms with Crippen LogP contribution in [0.3, 0.4) is 0 Å². The largest absolute Gasteiger partial charge is 0.507 e. The predicted octanol–water partition coefficient (Wildman–Crippen LogP) is 3.15. The van der Waals surface area contributed by atoms with Gasteiger partial charge in [-0.3, -0.25) is 0 Å². The fourth-order valence-electron chi connectivity index (χ4n) is 1.02. The standard InChI is InChI=1S/C12H12O/c1-3-4-7-10(2)11-8-5-6-9-12(11)13/h3-9,13H,1-2H2/b7-4-. The molecule has 1 aromatic carbocycles. The molecule has 1 nitrogen and oxygen atoms in total.